The molecule has 2 N–H and O–H groups in total. The highest BCUT2D eigenvalue weighted by Gasteiger charge is 2.42. The van der Waals surface area contributed by atoms with Crippen molar-refractivity contribution >= 4 is 19.7 Å². The molecule has 10 heteroatoms. The second-order valence-electron chi connectivity index (χ2n) is 10.5. The number of amides is 1. The monoisotopic (exact) mass is 535 g/mol. The molecule has 0 bridgehead atoms. The van der Waals surface area contributed by atoms with Gasteiger partial charge in [-0.15, -0.1) is 0 Å². The number of esters is 1. The Kier molecular flexibility index (Phi) is 10.5. The standard InChI is InChI=1S/C27H38NO8P/c1-26(2,3)35-37(32,36-27(4,5)6)24(30)21-15-13-19(14-16-21)17-22(23(29)33-7)28-25(31)34-18-20-11-9-8-10-12-20/h8-16,22,24,30H,17-18H2,1-7H3,(H,28,31). The molecule has 0 radical (unpaired) electrons. The van der Waals surface area contributed by atoms with E-state index in [1.54, 1.807) is 65.8 Å². The number of aliphatic hydroxyl groups is 1. The summed E-state index contributed by atoms with van der Waals surface area (Å²) in [6, 6.07) is 14.6. The number of alkyl carbamates (subject to hydrolysis) is 1. The molecule has 2 rings (SSSR count). The lowest BCUT2D eigenvalue weighted by Crippen LogP contribution is -2.43. The van der Waals surface area contributed by atoms with Gasteiger partial charge in [0, 0.05) is 6.42 Å². The van der Waals surface area contributed by atoms with Crippen molar-refractivity contribution in [2.24, 2.45) is 0 Å². The second-order valence-corrected chi connectivity index (χ2v) is 12.5. The van der Waals surface area contributed by atoms with Crippen molar-refractivity contribution in [1.29, 1.82) is 0 Å². The lowest BCUT2D eigenvalue weighted by molar-refractivity contribution is -0.143. The summed E-state index contributed by atoms with van der Waals surface area (Å²) < 4.78 is 35.1. The van der Waals surface area contributed by atoms with E-state index in [9.17, 15) is 19.3 Å². The highest BCUT2D eigenvalue weighted by molar-refractivity contribution is 7.54. The number of ether oxygens (including phenoxy) is 2. The van der Waals surface area contributed by atoms with Crippen molar-refractivity contribution in [2.45, 2.75) is 77.7 Å². The van der Waals surface area contributed by atoms with Crippen molar-refractivity contribution in [3.05, 3.63) is 71.3 Å². The van der Waals surface area contributed by atoms with Crippen LogP contribution in [-0.4, -0.2) is 41.5 Å². The SMILES string of the molecule is COC(=O)C(Cc1ccc(C(O)P(=O)(OC(C)(C)C)OC(C)(C)C)cc1)NC(=O)OCc1ccccc1. The molecule has 0 spiro atoms. The summed E-state index contributed by atoms with van der Waals surface area (Å²) in [5.41, 5.74) is 0.153. The number of aliphatic hydroxyl groups excluding tert-OH is 1. The van der Waals surface area contributed by atoms with E-state index in [0.29, 0.717) is 11.1 Å². The molecule has 2 atom stereocenters. The highest BCUT2D eigenvalue weighted by Crippen LogP contribution is 2.63. The minimum absolute atomic E-state index is 0.0560. The number of nitrogens with one attached hydrogen (secondary N) is 1. The zero-order chi connectivity index (χ0) is 27.9. The molecule has 2 aromatic rings. The van der Waals surface area contributed by atoms with Crippen LogP contribution in [-0.2, 0) is 40.9 Å². The summed E-state index contributed by atoms with van der Waals surface area (Å²) in [7, 11) is -2.75. The number of methoxy groups -OCH3 is 1. The molecule has 0 saturated heterocycles. The van der Waals surface area contributed by atoms with E-state index in [0.717, 1.165) is 5.56 Å². The summed E-state index contributed by atoms with van der Waals surface area (Å²) >= 11 is 0. The predicted octanol–water partition coefficient (Wildman–Crippen LogP) is 5.51. The van der Waals surface area contributed by atoms with Crippen molar-refractivity contribution < 1.29 is 37.8 Å². The first kappa shape index (κ1) is 30.5. The lowest BCUT2D eigenvalue weighted by atomic mass is 10.0. The fourth-order valence-corrected chi connectivity index (χ4v) is 5.67. The number of carbonyl (C=O) groups excluding carboxylic acids is 2. The molecule has 0 aromatic heterocycles. The molecule has 2 aromatic carbocycles. The zero-order valence-corrected chi connectivity index (χ0v) is 23.4. The van der Waals surface area contributed by atoms with Crippen LogP contribution in [0.25, 0.3) is 0 Å². The third-order valence-corrected chi connectivity index (χ3v) is 7.31. The average molecular weight is 536 g/mol. The van der Waals surface area contributed by atoms with E-state index < -0.39 is 42.7 Å². The van der Waals surface area contributed by atoms with Crippen LogP contribution in [0, 0.1) is 0 Å². The number of rotatable bonds is 10. The first-order valence-electron chi connectivity index (χ1n) is 11.9. The molecule has 0 fully saturated rings. The van der Waals surface area contributed by atoms with Crippen LogP contribution in [0.2, 0.25) is 0 Å². The van der Waals surface area contributed by atoms with E-state index in [2.05, 4.69) is 5.32 Å². The maximum atomic E-state index is 13.6. The maximum Gasteiger partial charge on any atom is 0.408 e. The number of hydrogen-bond donors (Lipinski definition) is 2. The van der Waals surface area contributed by atoms with E-state index in [-0.39, 0.29) is 13.0 Å². The Labute approximate surface area is 219 Å². The van der Waals surface area contributed by atoms with Crippen LogP contribution in [0.4, 0.5) is 4.79 Å². The number of carbonyl (C=O) groups is 2. The Bertz CT molecular complexity index is 1050. The Morgan fingerprint density at radius 3 is 1.92 bits per heavy atom. The van der Waals surface area contributed by atoms with Crippen LogP contribution in [0.5, 0.6) is 0 Å². The molecule has 2 unspecified atom stereocenters. The largest absolute Gasteiger partial charge is 0.467 e. The van der Waals surface area contributed by atoms with Gasteiger partial charge in [-0.3, -0.25) is 4.57 Å². The Morgan fingerprint density at radius 1 is 0.892 bits per heavy atom. The fraction of sp³-hybridized carbons (Fsp3) is 0.481. The smallest absolute Gasteiger partial charge is 0.408 e. The van der Waals surface area contributed by atoms with Crippen molar-refractivity contribution in [3.63, 3.8) is 0 Å². The van der Waals surface area contributed by atoms with Gasteiger partial charge in [-0.1, -0.05) is 54.6 Å². The molecule has 37 heavy (non-hydrogen) atoms. The third-order valence-electron chi connectivity index (χ3n) is 4.81. The van der Waals surface area contributed by atoms with Gasteiger partial charge >= 0.3 is 19.7 Å². The van der Waals surface area contributed by atoms with Crippen molar-refractivity contribution in [3.8, 4) is 0 Å². The molecule has 0 heterocycles. The molecular weight excluding hydrogens is 497 g/mol. The molecular formula is C27H38NO8P. The van der Waals surface area contributed by atoms with Gasteiger partial charge in [0.1, 0.15) is 12.6 Å². The Morgan fingerprint density at radius 2 is 1.43 bits per heavy atom. The minimum atomic E-state index is -3.98. The highest BCUT2D eigenvalue weighted by atomic mass is 31.2. The van der Waals surface area contributed by atoms with Crippen LogP contribution in [0.3, 0.4) is 0 Å². The predicted molar refractivity (Wildman–Crippen MR) is 140 cm³/mol. The quantitative estimate of drug-likeness (QED) is 0.302. The van der Waals surface area contributed by atoms with E-state index >= 15 is 0 Å². The molecule has 204 valence electrons. The van der Waals surface area contributed by atoms with Crippen LogP contribution in [0.15, 0.2) is 54.6 Å². The minimum Gasteiger partial charge on any atom is -0.467 e. The normalized spacial score (nSPS) is 13.9. The molecule has 0 aliphatic carbocycles. The molecule has 9 nitrogen and oxygen atoms in total. The first-order chi connectivity index (χ1) is 17.1. The van der Waals surface area contributed by atoms with Crippen molar-refractivity contribution in [2.75, 3.05) is 7.11 Å². The lowest BCUT2D eigenvalue weighted by Gasteiger charge is -2.34. The molecule has 1 amide bonds. The van der Waals surface area contributed by atoms with Crippen LogP contribution < -0.4 is 5.32 Å². The van der Waals surface area contributed by atoms with Gasteiger partial charge < -0.3 is 28.9 Å². The van der Waals surface area contributed by atoms with Crippen LogP contribution >= 0.6 is 7.60 Å². The maximum absolute atomic E-state index is 13.6. The zero-order valence-electron chi connectivity index (χ0n) is 22.5. The summed E-state index contributed by atoms with van der Waals surface area (Å²) in [5, 5.41) is 13.5. The first-order valence-corrected chi connectivity index (χ1v) is 13.6. The number of benzene rings is 2. The van der Waals surface area contributed by atoms with E-state index in [1.807, 2.05) is 30.3 Å². The van der Waals surface area contributed by atoms with E-state index in [4.69, 9.17) is 18.5 Å². The van der Waals surface area contributed by atoms with Gasteiger partial charge in [0.15, 0.2) is 5.85 Å². The second kappa shape index (κ2) is 12.7. The third kappa shape index (κ3) is 10.3. The van der Waals surface area contributed by atoms with Gasteiger partial charge in [0.25, 0.3) is 0 Å². The summed E-state index contributed by atoms with van der Waals surface area (Å²) in [4.78, 5) is 24.6. The van der Waals surface area contributed by atoms with Gasteiger partial charge in [-0.2, -0.15) is 0 Å². The molecule has 0 aliphatic rings. The Balaban J connectivity index is 2.13. The van der Waals surface area contributed by atoms with Gasteiger partial charge in [-0.25, -0.2) is 9.59 Å². The number of hydrogen-bond acceptors (Lipinski definition) is 8. The van der Waals surface area contributed by atoms with Gasteiger partial charge in [0.05, 0.1) is 18.3 Å². The van der Waals surface area contributed by atoms with Crippen molar-refractivity contribution in [1.82, 2.24) is 5.32 Å². The van der Waals surface area contributed by atoms with E-state index in [1.165, 1.54) is 7.11 Å². The summed E-state index contributed by atoms with van der Waals surface area (Å²) in [6.07, 6.45) is -0.649. The average Bonchev–Trinajstić information content (AvgIpc) is 2.80. The topological polar surface area (TPSA) is 120 Å². The van der Waals surface area contributed by atoms with Gasteiger partial charge in [0.2, 0.25) is 0 Å². The van der Waals surface area contributed by atoms with Gasteiger partial charge in [-0.05, 0) is 58.2 Å². The van der Waals surface area contributed by atoms with Crippen LogP contribution in [0.1, 0.15) is 64.1 Å². The fourth-order valence-electron chi connectivity index (χ4n) is 3.37. The summed E-state index contributed by atoms with van der Waals surface area (Å²) in [6.45, 7) is 10.4. The Hall–Kier alpha value is -2.71. The summed E-state index contributed by atoms with van der Waals surface area (Å²) in [5.74, 6) is -2.16. The molecule has 0 saturated carbocycles. The molecule has 0 aliphatic heterocycles.